The van der Waals surface area contributed by atoms with E-state index in [1.54, 1.807) is 0 Å². The van der Waals surface area contributed by atoms with Crippen molar-refractivity contribution < 1.29 is 22.3 Å². The molecule has 0 aliphatic heterocycles. The molecule has 1 aromatic rings. The Morgan fingerprint density at radius 2 is 2.00 bits per heavy atom. The molecule has 1 aromatic carbocycles. The number of ether oxygens (including phenoxy) is 1. The number of hydrogen-bond acceptors (Lipinski definition) is 4. The van der Waals surface area contributed by atoms with Crippen LogP contribution in [0, 0.1) is 5.82 Å². The summed E-state index contributed by atoms with van der Waals surface area (Å²) in [5, 5.41) is -0.635. The Kier molecular flexibility index (Phi) is 4.45. The third kappa shape index (κ3) is 3.29. The molecule has 6 heteroatoms. The summed E-state index contributed by atoms with van der Waals surface area (Å²) in [6, 6.07) is 3.63. The van der Waals surface area contributed by atoms with E-state index >= 15 is 0 Å². The SMILES string of the molecule is COc1ccc(C(=O)CS(=O)(=O)C(C)C)cc1F. The van der Waals surface area contributed by atoms with Gasteiger partial charge in [-0.15, -0.1) is 0 Å². The Balaban J connectivity index is 2.96. The fraction of sp³-hybridized carbons (Fsp3) is 0.417. The van der Waals surface area contributed by atoms with Crippen molar-refractivity contribution in [1.82, 2.24) is 0 Å². The van der Waals surface area contributed by atoms with Gasteiger partial charge in [0, 0.05) is 5.56 Å². The molecule has 18 heavy (non-hydrogen) atoms. The molecule has 100 valence electrons. The van der Waals surface area contributed by atoms with Crippen LogP contribution in [-0.4, -0.2) is 32.3 Å². The van der Waals surface area contributed by atoms with Gasteiger partial charge in [0.1, 0.15) is 5.75 Å². The van der Waals surface area contributed by atoms with Crippen LogP contribution in [0.4, 0.5) is 4.39 Å². The number of hydrogen-bond donors (Lipinski definition) is 0. The van der Waals surface area contributed by atoms with E-state index in [0.29, 0.717) is 0 Å². The number of halogens is 1. The van der Waals surface area contributed by atoms with Crippen molar-refractivity contribution in [3.63, 3.8) is 0 Å². The van der Waals surface area contributed by atoms with Crippen LogP contribution in [0.1, 0.15) is 24.2 Å². The molecule has 0 N–H and O–H groups in total. The lowest BCUT2D eigenvalue weighted by atomic mass is 10.1. The van der Waals surface area contributed by atoms with Crippen molar-refractivity contribution in [3.05, 3.63) is 29.6 Å². The van der Waals surface area contributed by atoms with Crippen molar-refractivity contribution in [2.75, 3.05) is 12.9 Å². The van der Waals surface area contributed by atoms with Gasteiger partial charge < -0.3 is 4.74 Å². The minimum atomic E-state index is -3.48. The Hall–Kier alpha value is -1.43. The van der Waals surface area contributed by atoms with Crippen LogP contribution in [0.2, 0.25) is 0 Å². The number of sulfone groups is 1. The summed E-state index contributed by atoms with van der Waals surface area (Å²) in [6.07, 6.45) is 0. The van der Waals surface area contributed by atoms with E-state index in [1.165, 1.54) is 33.1 Å². The van der Waals surface area contributed by atoms with Crippen LogP contribution in [0.5, 0.6) is 5.75 Å². The minimum Gasteiger partial charge on any atom is -0.494 e. The third-order valence-electron chi connectivity index (χ3n) is 2.52. The first-order valence-electron chi connectivity index (χ1n) is 5.36. The van der Waals surface area contributed by atoms with E-state index in [9.17, 15) is 17.6 Å². The second-order valence-electron chi connectivity index (χ2n) is 4.13. The number of Topliss-reactive ketones (excluding diaryl/α,β-unsaturated/α-hetero) is 1. The molecule has 0 saturated carbocycles. The highest BCUT2D eigenvalue weighted by atomic mass is 32.2. The summed E-state index contributed by atoms with van der Waals surface area (Å²) in [6.45, 7) is 2.99. The molecule has 0 aromatic heterocycles. The summed E-state index contributed by atoms with van der Waals surface area (Å²) < 4.78 is 41.3. The zero-order chi connectivity index (χ0) is 13.9. The summed E-state index contributed by atoms with van der Waals surface area (Å²) in [5.41, 5.74) is 0.0255. The normalized spacial score (nSPS) is 11.6. The second kappa shape index (κ2) is 5.48. The van der Waals surface area contributed by atoms with Gasteiger partial charge >= 0.3 is 0 Å². The fourth-order valence-electron chi connectivity index (χ4n) is 1.27. The van der Waals surface area contributed by atoms with Crippen molar-refractivity contribution in [3.8, 4) is 5.75 Å². The average molecular weight is 274 g/mol. The topological polar surface area (TPSA) is 60.4 Å². The average Bonchev–Trinajstić information content (AvgIpc) is 2.28. The molecule has 0 fully saturated rings. The molecule has 0 radical (unpaired) electrons. The van der Waals surface area contributed by atoms with E-state index in [2.05, 4.69) is 0 Å². The van der Waals surface area contributed by atoms with Gasteiger partial charge in [0.25, 0.3) is 0 Å². The van der Waals surface area contributed by atoms with E-state index in [-0.39, 0.29) is 11.3 Å². The fourth-order valence-corrected chi connectivity index (χ4v) is 2.14. The molecule has 0 aliphatic rings. The molecule has 0 atom stereocenters. The largest absolute Gasteiger partial charge is 0.494 e. The Morgan fingerprint density at radius 3 is 2.44 bits per heavy atom. The molecule has 4 nitrogen and oxygen atoms in total. The third-order valence-corrected chi connectivity index (χ3v) is 4.63. The highest BCUT2D eigenvalue weighted by molar-refractivity contribution is 7.92. The lowest BCUT2D eigenvalue weighted by Crippen LogP contribution is -2.23. The van der Waals surface area contributed by atoms with E-state index in [0.717, 1.165) is 6.07 Å². The van der Waals surface area contributed by atoms with Crippen molar-refractivity contribution in [1.29, 1.82) is 0 Å². The van der Waals surface area contributed by atoms with Gasteiger partial charge in [-0.3, -0.25) is 4.79 Å². The molecule has 0 spiro atoms. The van der Waals surface area contributed by atoms with Crippen LogP contribution in [-0.2, 0) is 9.84 Å². The molecule has 0 bridgehead atoms. The van der Waals surface area contributed by atoms with Gasteiger partial charge in [-0.2, -0.15) is 0 Å². The predicted octanol–water partition coefficient (Wildman–Crippen LogP) is 1.84. The minimum absolute atomic E-state index is 0.0123. The summed E-state index contributed by atoms with van der Waals surface area (Å²) in [5.74, 6) is -1.91. The van der Waals surface area contributed by atoms with Gasteiger partial charge in [0.2, 0.25) is 0 Å². The highest BCUT2D eigenvalue weighted by Crippen LogP contribution is 2.18. The van der Waals surface area contributed by atoms with Gasteiger partial charge in [0.15, 0.2) is 27.2 Å². The van der Waals surface area contributed by atoms with Gasteiger partial charge in [0.05, 0.1) is 12.4 Å². The first kappa shape index (κ1) is 14.6. The lowest BCUT2D eigenvalue weighted by molar-refractivity contribution is 0.102. The van der Waals surface area contributed by atoms with Gasteiger partial charge in [-0.25, -0.2) is 12.8 Å². The van der Waals surface area contributed by atoms with E-state index in [1.807, 2.05) is 0 Å². The van der Waals surface area contributed by atoms with Crippen LogP contribution in [0.15, 0.2) is 18.2 Å². The van der Waals surface area contributed by atoms with Gasteiger partial charge in [-0.05, 0) is 32.0 Å². The van der Waals surface area contributed by atoms with E-state index < -0.39 is 32.4 Å². The molecule has 0 aliphatic carbocycles. The quantitative estimate of drug-likeness (QED) is 0.769. The number of rotatable bonds is 5. The molecule has 0 saturated heterocycles. The Bertz CT molecular complexity index is 549. The summed E-state index contributed by atoms with van der Waals surface area (Å²) in [7, 11) is -2.17. The van der Waals surface area contributed by atoms with Crippen molar-refractivity contribution >= 4 is 15.6 Å². The smallest absolute Gasteiger partial charge is 0.177 e. The Morgan fingerprint density at radius 1 is 1.39 bits per heavy atom. The number of carbonyl (C=O) groups excluding carboxylic acids is 1. The van der Waals surface area contributed by atoms with Crippen LogP contribution in [0.3, 0.4) is 0 Å². The molecular formula is C12H15FO4S. The number of methoxy groups -OCH3 is 1. The van der Waals surface area contributed by atoms with Crippen LogP contribution >= 0.6 is 0 Å². The number of carbonyl (C=O) groups is 1. The van der Waals surface area contributed by atoms with Crippen molar-refractivity contribution in [2.45, 2.75) is 19.1 Å². The standard InChI is InChI=1S/C12H15FO4S/c1-8(2)18(15,16)7-11(14)9-4-5-12(17-3)10(13)6-9/h4-6,8H,7H2,1-3H3. The zero-order valence-corrected chi connectivity index (χ0v) is 11.3. The zero-order valence-electron chi connectivity index (χ0n) is 10.4. The lowest BCUT2D eigenvalue weighted by Gasteiger charge is -2.08. The maximum Gasteiger partial charge on any atom is 0.177 e. The first-order chi connectivity index (χ1) is 8.27. The highest BCUT2D eigenvalue weighted by Gasteiger charge is 2.22. The van der Waals surface area contributed by atoms with E-state index in [4.69, 9.17) is 4.74 Å². The van der Waals surface area contributed by atoms with Crippen molar-refractivity contribution in [2.24, 2.45) is 0 Å². The second-order valence-corrected chi connectivity index (χ2v) is 6.69. The number of benzene rings is 1. The molecule has 1 rings (SSSR count). The first-order valence-corrected chi connectivity index (χ1v) is 7.07. The monoisotopic (exact) mass is 274 g/mol. The summed E-state index contributed by atoms with van der Waals surface area (Å²) in [4.78, 5) is 11.7. The number of ketones is 1. The molecule has 0 unspecified atom stereocenters. The van der Waals surface area contributed by atoms with Gasteiger partial charge in [-0.1, -0.05) is 0 Å². The molecular weight excluding hydrogens is 259 g/mol. The van der Waals surface area contributed by atoms with Crippen LogP contribution < -0.4 is 4.74 Å². The predicted molar refractivity (Wildman–Crippen MR) is 66.2 cm³/mol. The maximum absolute atomic E-state index is 13.4. The Labute approximate surface area is 106 Å². The molecule has 0 heterocycles. The van der Waals surface area contributed by atoms with Crippen LogP contribution in [0.25, 0.3) is 0 Å². The summed E-state index contributed by atoms with van der Waals surface area (Å²) >= 11 is 0. The maximum atomic E-state index is 13.4. The molecule has 0 amide bonds.